The maximum absolute atomic E-state index is 13.6. The zero-order valence-corrected chi connectivity index (χ0v) is 19.0. The highest BCUT2D eigenvalue weighted by Crippen LogP contribution is 2.33. The lowest BCUT2D eigenvalue weighted by Gasteiger charge is -2.32. The van der Waals surface area contributed by atoms with Gasteiger partial charge in [-0.3, -0.25) is 9.59 Å². The minimum atomic E-state index is -4.21. The fraction of sp³-hybridized carbons (Fsp3) is 0.333. The van der Waals surface area contributed by atoms with E-state index in [-0.39, 0.29) is 23.4 Å². The van der Waals surface area contributed by atoms with E-state index in [0.717, 1.165) is 22.7 Å². The Morgan fingerprint density at radius 1 is 0.774 bits per heavy atom. The lowest BCUT2D eigenvalue weighted by molar-refractivity contribution is 0.0945. The van der Waals surface area contributed by atoms with Gasteiger partial charge in [0.15, 0.2) is 4.91 Å². The zero-order chi connectivity index (χ0) is 22.6. The fourth-order valence-electron chi connectivity index (χ4n) is 3.82. The molecule has 0 N–H and O–H groups in total. The van der Waals surface area contributed by atoms with Crippen LogP contribution in [0.1, 0.15) is 53.0 Å². The van der Waals surface area contributed by atoms with E-state index in [0.29, 0.717) is 13.1 Å². The number of nitrogens with zero attached hydrogens (tertiary/aromatic N) is 2. The maximum atomic E-state index is 13.6. The van der Waals surface area contributed by atoms with Gasteiger partial charge in [0.05, 0.1) is 0 Å². The Morgan fingerprint density at radius 2 is 1.29 bits per heavy atom. The van der Waals surface area contributed by atoms with Gasteiger partial charge in [-0.25, -0.2) is 8.42 Å². The summed E-state index contributed by atoms with van der Waals surface area (Å²) in [5.74, 6) is -1.04. The number of carbonyl (C=O) groups excluding carboxylic acids is 2. The van der Waals surface area contributed by atoms with Crippen molar-refractivity contribution in [1.82, 2.24) is 9.21 Å². The molecule has 0 atom stereocenters. The van der Waals surface area contributed by atoms with Crippen LogP contribution in [-0.2, 0) is 16.6 Å². The maximum Gasteiger partial charge on any atom is 0.249 e. The van der Waals surface area contributed by atoms with Gasteiger partial charge >= 0.3 is 0 Å². The van der Waals surface area contributed by atoms with Crippen LogP contribution in [0.5, 0.6) is 0 Å². The van der Waals surface area contributed by atoms with E-state index >= 15 is 0 Å². The Hall–Kier alpha value is -2.77. The van der Waals surface area contributed by atoms with Gasteiger partial charge in [-0.1, -0.05) is 68.4 Å². The first kappa shape index (κ1) is 22.9. The summed E-state index contributed by atoms with van der Waals surface area (Å²) in [6, 6.07) is 15.6. The molecule has 0 unspecified atom stereocenters. The minimum absolute atomic E-state index is 0.00712. The van der Waals surface area contributed by atoms with Gasteiger partial charge in [-0.15, -0.1) is 0 Å². The molecular formula is C24H28N2O4S. The Balaban J connectivity index is 2.17. The standard InChI is InChI=1S/C24H28N2O4S/c1-4-15-26(16-5-2)21-22(27)19-13-9-10-14-20(19)23(28)24(21)31(29,30)25(3)17-18-11-7-6-8-12-18/h6-14H,4-5,15-17H2,1-3H3. The number of hydrogen-bond donors (Lipinski definition) is 0. The number of fused-ring (bicyclic) bond motifs is 1. The topological polar surface area (TPSA) is 74.8 Å². The number of carbonyl (C=O) groups is 2. The second-order valence-electron chi connectivity index (χ2n) is 7.62. The van der Waals surface area contributed by atoms with Crippen molar-refractivity contribution < 1.29 is 18.0 Å². The Labute approximate surface area is 184 Å². The van der Waals surface area contributed by atoms with Crippen molar-refractivity contribution in [3.05, 3.63) is 81.9 Å². The van der Waals surface area contributed by atoms with Gasteiger partial charge in [-0.05, 0) is 18.4 Å². The largest absolute Gasteiger partial charge is 0.367 e. The van der Waals surface area contributed by atoms with E-state index in [1.54, 1.807) is 23.1 Å². The summed E-state index contributed by atoms with van der Waals surface area (Å²) in [6.07, 6.45) is 1.44. The molecule has 0 fully saturated rings. The normalized spacial score (nSPS) is 14.2. The number of rotatable bonds is 9. The summed E-state index contributed by atoms with van der Waals surface area (Å²) in [5, 5.41) is 0. The molecule has 0 aromatic heterocycles. The van der Waals surface area contributed by atoms with Crippen LogP contribution in [0.15, 0.2) is 65.2 Å². The second kappa shape index (κ2) is 9.58. The predicted octanol–water partition coefficient (Wildman–Crippen LogP) is 3.86. The van der Waals surface area contributed by atoms with Crippen LogP contribution in [-0.4, -0.2) is 49.3 Å². The molecule has 0 heterocycles. The summed E-state index contributed by atoms with van der Waals surface area (Å²) >= 11 is 0. The van der Waals surface area contributed by atoms with Crippen LogP contribution in [0, 0.1) is 0 Å². The van der Waals surface area contributed by atoms with Crippen LogP contribution in [0.3, 0.4) is 0 Å². The SMILES string of the molecule is CCCN(CCC)C1=C(S(=O)(=O)N(C)Cc2ccccc2)C(=O)c2ccccc2C1=O. The van der Waals surface area contributed by atoms with Crippen molar-refractivity contribution in [1.29, 1.82) is 0 Å². The lowest BCUT2D eigenvalue weighted by Crippen LogP contribution is -2.40. The Kier molecular flexibility index (Phi) is 7.08. The zero-order valence-electron chi connectivity index (χ0n) is 18.2. The molecule has 6 nitrogen and oxygen atoms in total. The molecule has 3 rings (SSSR count). The second-order valence-corrected chi connectivity index (χ2v) is 9.60. The molecule has 7 heteroatoms. The number of benzene rings is 2. The molecule has 0 aliphatic heterocycles. The fourth-order valence-corrected chi connectivity index (χ4v) is 5.26. The summed E-state index contributed by atoms with van der Waals surface area (Å²) in [7, 11) is -2.78. The van der Waals surface area contributed by atoms with Crippen LogP contribution >= 0.6 is 0 Å². The highest BCUT2D eigenvalue weighted by molar-refractivity contribution is 7.94. The number of hydrogen-bond acceptors (Lipinski definition) is 5. The average molecular weight is 441 g/mol. The quantitative estimate of drug-likeness (QED) is 0.592. The molecule has 164 valence electrons. The third kappa shape index (κ3) is 4.48. The van der Waals surface area contributed by atoms with E-state index in [9.17, 15) is 18.0 Å². The molecule has 0 bridgehead atoms. The number of Topliss-reactive ketones (excluding diaryl/α,β-unsaturated/α-hetero) is 2. The summed E-state index contributed by atoms with van der Waals surface area (Å²) < 4.78 is 28.4. The van der Waals surface area contributed by atoms with Crippen LogP contribution < -0.4 is 0 Å². The van der Waals surface area contributed by atoms with Crippen molar-refractivity contribution in [2.75, 3.05) is 20.1 Å². The first-order valence-electron chi connectivity index (χ1n) is 10.5. The van der Waals surface area contributed by atoms with Gasteiger partial charge in [-0.2, -0.15) is 4.31 Å². The molecule has 31 heavy (non-hydrogen) atoms. The molecule has 0 spiro atoms. The summed E-state index contributed by atoms with van der Waals surface area (Å²) in [6.45, 7) is 5.01. The van der Waals surface area contributed by atoms with Crippen LogP contribution in [0.4, 0.5) is 0 Å². The molecule has 1 aliphatic rings. The lowest BCUT2D eigenvalue weighted by atomic mass is 9.91. The monoisotopic (exact) mass is 440 g/mol. The molecule has 0 saturated heterocycles. The van der Waals surface area contributed by atoms with Gasteiger partial charge in [0.1, 0.15) is 5.70 Å². The van der Waals surface area contributed by atoms with Crippen molar-refractivity contribution in [3.8, 4) is 0 Å². The molecule has 0 amide bonds. The molecule has 0 radical (unpaired) electrons. The van der Waals surface area contributed by atoms with E-state index in [1.807, 2.05) is 44.2 Å². The Morgan fingerprint density at radius 3 is 1.84 bits per heavy atom. The summed E-state index contributed by atoms with van der Waals surface area (Å²) in [4.78, 5) is 28.2. The molecule has 2 aromatic carbocycles. The van der Waals surface area contributed by atoms with Crippen molar-refractivity contribution in [2.24, 2.45) is 0 Å². The van der Waals surface area contributed by atoms with Crippen LogP contribution in [0.25, 0.3) is 0 Å². The molecule has 1 aliphatic carbocycles. The smallest absolute Gasteiger partial charge is 0.249 e. The van der Waals surface area contributed by atoms with Gasteiger partial charge < -0.3 is 4.90 Å². The van der Waals surface area contributed by atoms with Gasteiger partial charge in [0.25, 0.3) is 0 Å². The average Bonchev–Trinajstić information content (AvgIpc) is 2.76. The van der Waals surface area contributed by atoms with E-state index in [2.05, 4.69) is 0 Å². The van der Waals surface area contributed by atoms with Crippen molar-refractivity contribution >= 4 is 21.6 Å². The highest BCUT2D eigenvalue weighted by Gasteiger charge is 2.42. The van der Waals surface area contributed by atoms with Crippen molar-refractivity contribution in [3.63, 3.8) is 0 Å². The number of allylic oxidation sites excluding steroid dienone is 2. The van der Waals surface area contributed by atoms with Crippen molar-refractivity contribution in [2.45, 2.75) is 33.2 Å². The van der Waals surface area contributed by atoms with Gasteiger partial charge in [0, 0.05) is 37.8 Å². The van der Waals surface area contributed by atoms with E-state index in [4.69, 9.17) is 0 Å². The van der Waals surface area contributed by atoms with E-state index < -0.39 is 26.5 Å². The van der Waals surface area contributed by atoms with Crippen LogP contribution in [0.2, 0.25) is 0 Å². The highest BCUT2D eigenvalue weighted by atomic mass is 32.2. The number of ketones is 2. The molecule has 0 saturated carbocycles. The minimum Gasteiger partial charge on any atom is -0.367 e. The van der Waals surface area contributed by atoms with E-state index in [1.165, 1.54) is 13.1 Å². The molecular weight excluding hydrogens is 412 g/mol. The number of sulfonamides is 1. The third-order valence-electron chi connectivity index (χ3n) is 5.27. The Bertz CT molecular complexity index is 1100. The first-order valence-corrected chi connectivity index (χ1v) is 11.9. The first-order chi connectivity index (χ1) is 14.8. The summed E-state index contributed by atoms with van der Waals surface area (Å²) in [5.41, 5.74) is 1.18. The van der Waals surface area contributed by atoms with Gasteiger partial charge in [0.2, 0.25) is 21.6 Å². The third-order valence-corrected chi connectivity index (χ3v) is 7.12. The molecule has 2 aromatic rings. The predicted molar refractivity (Wildman–Crippen MR) is 121 cm³/mol.